The standard InChI is InChI=1S/C28H34N4/c1-18-5-10-23-22(14-18)16-24(30-23)20-6-8-21(9-7-20)25(31-29)15-19(2)26-4-3-13-32(26)27-17-28(27)11-12-28/h5-10,14,16,19,25-27,29-30H,3-4,11-13,15,17H2,1-2H3. The molecule has 3 aliphatic rings. The molecule has 4 atom stereocenters. The summed E-state index contributed by atoms with van der Waals surface area (Å²) in [5.41, 5.74) is 14.6. The van der Waals surface area contributed by atoms with Gasteiger partial charge in [-0.05, 0) is 92.7 Å². The van der Waals surface area contributed by atoms with Crippen molar-refractivity contribution in [2.45, 2.75) is 70.5 Å². The van der Waals surface area contributed by atoms with Gasteiger partial charge in [0.25, 0.3) is 0 Å². The third kappa shape index (κ3) is 3.49. The molecule has 6 rings (SSSR count). The summed E-state index contributed by atoms with van der Waals surface area (Å²) in [6, 6.07) is 19.0. The molecule has 1 aliphatic heterocycles. The quantitative estimate of drug-likeness (QED) is 0.384. The van der Waals surface area contributed by atoms with Crippen molar-refractivity contribution in [2.75, 3.05) is 6.54 Å². The van der Waals surface area contributed by atoms with Crippen molar-refractivity contribution in [2.24, 2.45) is 16.4 Å². The van der Waals surface area contributed by atoms with Crippen LogP contribution in [0.25, 0.3) is 22.2 Å². The lowest BCUT2D eigenvalue weighted by atomic mass is 9.89. The van der Waals surface area contributed by atoms with Gasteiger partial charge in [-0.1, -0.05) is 42.8 Å². The Balaban J connectivity index is 1.16. The van der Waals surface area contributed by atoms with E-state index < -0.39 is 0 Å². The van der Waals surface area contributed by atoms with Crippen molar-refractivity contribution < 1.29 is 0 Å². The van der Waals surface area contributed by atoms with E-state index in [1.165, 1.54) is 60.7 Å². The normalized spacial score (nSPS) is 25.8. The van der Waals surface area contributed by atoms with E-state index in [-0.39, 0.29) is 6.04 Å². The van der Waals surface area contributed by atoms with E-state index in [1.807, 2.05) is 0 Å². The predicted molar refractivity (Wildman–Crippen MR) is 130 cm³/mol. The highest BCUT2D eigenvalue weighted by atomic mass is 15.3. The van der Waals surface area contributed by atoms with Crippen molar-refractivity contribution in [3.8, 4) is 11.3 Å². The number of hydrogen-bond acceptors (Lipinski definition) is 3. The van der Waals surface area contributed by atoms with Crippen LogP contribution in [0.2, 0.25) is 0 Å². The number of aromatic nitrogens is 1. The first kappa shape index (κ1) is 20.2. The number of aromatic amines is 1. The molecule has 0 radical (unpaired) electrons. The highest BCUT2D eigenvalue weighted by molar-refractivity contribution is 5.86. The van der Waals surface area contributed by atoms with Gasteiger partial charge < -0.3 is 4.98 Å². The summed E-state index contributed by atoms with van der Waals surface area (Å²) >= 11 is 0. The topological polar surface area (TPSA) is 55.2 Å². The summed E-state index contributed by atoms with van der Waals surface area (Å²) < 4.78 is 0. The average molecular weight is 427 g/mol. The third-order valence-corrected chi connectivity index (χ3v) is 8.57. The zero-order chi connectivity index (χ0) is 21.9. The van der Waals surface area contributed by atoms with Crippen LogP contribution < -0.4 is 0 Å². The molecule has 3 aromatic rings. The van der Waals surface area contributed by atoms with Crippen LogP contribution in [0.5, 0.6) is 0 Å². The molecule has 2 aliphatic carbocycles. The number of fused-ring (bicyclic) bond motifs is 1. The molecule has 4 unspecified atom stereocenters. The number of nitrogens with zero attached hydrogens (tertiary/aromatic N) is 2. The molecule has 3 fully saturated rings. The molecule has 2 N–H and O–H groups in total. The number of H-pyrrole nitrogens is 1. The molecule has 2 aromatic carbocycles. The van der Waals surface area contributed by atoms with E-state index >= 15 is 0 Å². The van der Waals surface area contributed by atoms with Crippen molar-refractivity contribution in [1.29, 1.82) is 5.53 Å². The summed E-state index contributed by atoms with van der Waals surface area (Å²) in [6.07, 6.45) is 7.98. The Morgan fingerprint density at radius 3 is 2.69 bits per heavy atom. The summed E-state index contributed by atoms with van der Waals surface area (Å²) in [4.78, 5) is 6.37. The molecule has 0 amide bonds. The third-order valence-electron chi connectivity index (χ3n) is 8.57. The minimum absolute atomic E-state index is 0.0408. The summed E-state index contributed by atoms with van der Waals surface area (Å²) in [7, 11) is 0. The van der Waals surface area contributed by atoms with Gasteiger partial charge in [-0.3, -0.25) is 4.90 Å². The largest absolute Gasteiger partial charge is 0.355 e. The first-order valence-corrected chi connectivity index (χ1v) is 12.4. The Morgan fingerprint density at radius 2 is 1.97 bits per heavy atom. The van der Waals surface area contributed by atoms with E-state index in [4.69, 9.17) is 5.53 Å². The van der Waals surface area contributed by atoms with Crippen molar-refractivity contribution in [3.63, 3.8) is 0 Å². The molecule has 4 nitrogen and oxygen atoms in total. The Hall–Kier alpha value is -2.46. The predicted octanol–water partition coefficient (Wildman–Crippen LogP) is 7.26. The summed E-state index contributed by atoms with van der Waals surface area (Å²) in [5.74, 6) is 0.574. The number of hydrogen-bond donors (Lipinski definition) is 2. The first-order chi connectivity index (χ1) is 15.6. The number of nitrogens with one attached hydrogen (secondary N) is 2. The molecular formula is C28H34N4. The molecule has 1 spiro atoms. The Morgan fingerprint density at radius 1 is 1.16 bits per heavy atom. The highest BCUT2D eigenvalue weighted by Gasteiger charge is 2.65. The fourth-order valence-corrected chi connectivity index (χ4v) is 6.37. The molecule has 2 saturated carbocycles. The maximum Gasteiger partial charge on any atom is 0.0958 e. The van der Waals surface area contributed by atoms with Gasteiger partial charge in [-0.15, -0.1) is 0 Å². The molecule has 1 saturated heterocycles. The number of likely N-dealkylation sites (tertiary alicyclic amines) is 1. The van der Waals surface area contributed by atoms with E-state index in [1.54, 1.807) is 0 Å². The SMILES string of the molecule is Cc1ccc2[nH]c(-c3ccc(C(CC(C)C4CCCN4C4CC45CC5)N=N)cc3)cc2c1. The number of aryl methyl sites for hydroxylation is 1. The van der Waals surface area contributed by atoms with Crippen LogP contribution in [-0.4, -0.2) is 28.5 Å². The van der Waals surface area contributed by atoms with E-state index in [2.05, 4.69) is 77.4 Å². The van der Waals surface area contributed by atoms with Gasteiger partial charge >= 0.3 is 0 Å². The Kier molecular flexibility index (Phi) is 4.76. The van der Waals surface area contributed by atoms with Gasteiger partial charge in [-0.2, -0.15) is 5.11 Å². The summed E-state index contributed by atoms with van der Waals surface area (Å²) in [6.45, 7) is 5.80. The van der Waals surface area contributed by atoms with Crippen molar-refractivity contribution in [3.05, 3.63) is 59.7 Å². The highest BCUT2D eigenvalue weighted by Crippen LogP contribution is 2.68. The Bertz CT molecular complexity index is 1140. The van der Waals surface area contributed by atoms with Crippen LogP contribution in [0.4, 0.5) is 0 Å². The fraction of sp³-hybridized carbons (Fsp3) is 0.500. The van der Waals surface area contributed by atoms with Crippen LogP contribution in [0, 0.1) is 23.8 Å². The minimum atomic E-state index is -0.0408. The molecule has 32 heavy (non-hydrogen) atoms. The van der Waals surface area contributed by atoms with Gasteiger partial charge in [-0.25, -0.2) is 5.53 Å². The number of rotatable bonds is 7. The summed E-state index contributed by atoms with van der Waals surface area (Å²) in [5, 5.41) is 5.32. The van der Waals surface area contributed by atoms with Gasteiger partial charge in [0.05, 0.1) is 6.04 Å². The molecule has 166 valence electrons. The zero-order valence-electron chi connectivity index (χ0n) is 19.3. The van der Waals surface area contributed by atoms with Gasteiger partial charge in [0.15, 0.2) is 0 Å². The average Bonchev–Trinajstić information content (AvgIpc) is 3.60. The van der Waals surface area contributed by atoms with Crippen LogP contribution in [0.3, 0.4) is 0 Å². The lowest BCUT2D eigenvalue weighted by molar-refractivity contribution is 0.168. The van der Waals surface area contributed by atoms with E-state index in [0.717, 1.165) is 29.1 Å². The maximum atomic E-state index is 7.90. The van der Waals surface area contributed by atoms with Gasteiger partial charge in [0.1, 0.15) is 0 Å². The maximum absolute atomic E-state index is 7.90. The fourth-order valence-electron chi connectivity index (χ4n) is 6.37. The lowest BCUT2D eigenvalue weighted by Gasteiger charge is -2.31. The van der Waals surface area contributed by atoms with Gasteiger partial charge in [0.2, 0.25) is 0 Å². The van der Waals surface area contributed by atoms with E-state index in [0.29, 0.717) is 12.0 Å². The second kappa shape index (κ2) is 7.55. The smallest absolute Gasteiger partial charge is 0.0958 e. The van der Waals surface area contributed by atoms with Crippen molar-refractivity contribution >= 4 is 10.9 Å². The van der Waals surface area contributed by atoms with Crippen molar-refractivity contribution in [1.82, 2.24) is 9.88 Å². The molecule has 0 bridgehead atoms. The second-order valence-corrected chi connectivity index (χ2v) is 10.8. The molecular weight excluding hydrogens is 392 g/mol. The monoisotopic (exact) mass is 426 g/mol. The van der Waals surface area contributed by atoms with Gasteiger partial charge in [0, 0.05) is 28.7 Å². The minimum Gasteiger partial charge on any atom is -0.355 e. The number of benzene rings is 2. The van der Waals surface area contributed by atoms with Crippen LogP contribution >= 0.6 is 0 Å². The zero-order valence-corrected chi connectivity index (χ0v) is 19.3. The van der Waals surface area contributed by atoms with Crippen LogP contribution in [-0.2, 0) is 0 Å². The van der Waals surface area contributed by atoms with Crippen LogP contribution in [0.15, 0.2) is 53.6 Å². The first-order valence-electron chi connectivity index (χ1n) is 12.4. The second-order valence-electron chi connectivity index (χ2n) is 10.8. The van der Waals surface area contributed by atoms with E-state index in [9.17, 15) is 0 Å². The Labute approximate surface area is 190 Å². The molecule has 4 heteroatoms. The van der Waals surface area contributed by atoms with Crippen LogP contribution in [0.1, 0.15) is 62.6 Å². The molecule has 2 heterocycles. The molecule has 1 aromatic heterocycles. The lowest BCUT2D eigenvalue weighted by Crippen LogP contribution is -2.37.